The summed E-state index contributed by atoms with van der Waals surface area (Å²) >= 11 is 6.46. The fourth-order valence-electron chi connectivity index (χ4n) is 5.56. The van der Waals surface area contributed by atoms with Crippen LogP contribution in [0.25, 0.3) is 11.0 Å². The van der Waals surface area contributed by atoms with Gasteiger partial charge in [0.15, 0.2) is 0 Å². The van der Waals surface area contributed by atoms with Gasteiger partial charge in [0.05, 0.1) is 28.6 Å². The molecule has 2 aromatic carbocycles. The molecule has 52 heavy (non-hydrogen) atoms. The van der Waals surface area contributed by atoms with Crippen LogP contribution < -0.4 is 15.7 Å². The lowest BCUT2D eigenvalue weighted by Crippen LogP contribution is -2.48. The number of carbonyl (C=O) groups is 5. The van der Waals surface area contributed by atoms with Gasteiger partial charge >= 0.3 is 29.5 Å². The maximum atomic E-state index is 13.2. The number of nitrogens with one attached hydrogen (secondary N) is 1. The highest BCUT2D eigenvalue weighted by molar-refractivity contribution is 6.32. The molecule has 0 saturated heterocycles. The normalized spacial score (nSPS) is 16.0. The van der Waals surface area contributed by atoms with Gasteiger partial charge in [-0.25, -0.2) is 4.79 Å². The zero-order valence-electron chi connectivity index (χ0n) is 28.4. The summed E-state index contributed by atoms with van der Waals surface area (Å²) < 4.78 is 30.4. The molecule has 1 aliphatic carbocycles. The number of hydrogen-bond acceptors (Lipinski definition) is 15. The second-order valence-electron chi connectivity index (χ2n) is 11.8. The van der Waals surface area contributed by atoms with Gasteiger partial charge in [0.2, 0.25) is 13.6 Å². The van der Waals surface area contributed by atoms with E-state index in [1.54, 1.807) is 19.1 Å². The standard InChI is InChI=1S/C34H36ClN3O14/c1-19(25-6-4-5-7-28(25)38(45)46)51-30-14-29-22(13-27(30)35)12-26(34(44)52-29)33(43)36-23-8-10-24(11-9-23)37(15-31(41)49-17-47-20(2)39)16-32(42)50-18-48-21(3)40/h4-7,12-14,19,23-24H,8-11,15-18H2,1-3H3,(H,36,43). The molecule has 1 heterocycles. The number of amides is 1. The van der Waals surface area contributed by atoms with E-state index in [-0.39, 0.29) is 52.8 Å². The lowest BCUT2D eigenvalue weighted by Gasteiger charge is -2.36. The largest absolute Gasteiger partial charge is 0.484 e. The summed E-state index contributed by atoms with van der Waals surface area (Å²) in [5.74, 6) is -3.38. The van der Waals surface area contributed by atoms with Gasteiger partial charge < -0.3 is 33.4 Å². The maximum Gasteiger partial charge on any atom is 0.349 e. The molecule has 17 nitrogen and oxygen atoms in total. The van der Waals surface area contributed by atoms with E-state index in [0.29, 0.717) is 36.6 Å². The predicted molar refractivity (Wildman–Crippen MR) is 180 cm³/mol. The number of rotatable bonds is 15. The SMILES string of the molecule is CC(=O)OCOC(=O)CN(CC(=O)OCOC(C)=O)C1CCC(NC(=O)c2cc3cc(Cl)c(OC(C)c4ccccc4[N+](=O)[O-])cc3oc2=O)CC1. The van der Waals surface area contributed by atoms with Crippen LogP contribution in [-0.2, 0) is 38.1 Å². The Morgan fingerprint density at radius 2 is 1.54 bits per heavy atom. The Bertz CT molecular complexity index is 1850. The molecule has 1 unspecified atom stereocenters. The van der Waals surface area contributed by atoms with Crippen LogP contribution in [0.15, 0.2) is 51.7 Å². The van der Waals surface area contributed by atoms with E-state index in [1.807, 2.05) is 0 Å². The number of esters is 4. The quantitative estimate of drug-likeness (QED) is 0.0765. The molecule has 0 spiro atoms. The highest BCUT2D eigenvalue weighted by Gasteiger charge is 2.31. The van der Waals surface area contributed by atoms with Crippen molar-refractivity contribution in [1.82, 2.24) is 10.2 Å². The summed E-state index contributed by atoms with van der Waals surface area (Å²) in [6.45, 7) is 2.04. The van der Waals surface area contributed by atoms with Gasteiger partial charge in [-0.3, -0.25) is 39.0 Å². The van der Waals surface area contributed by atoms with E-state index in [2.05, 4.69) is 14.8 Å². The second-order valence-corrected chi connectivity index (χ2v) is 12.2. The average Bonchev–Trinajstić information content (AvgIpc) is 3.08. The zero-order chi connectivity index (χ0) is 37.9. The van der Waals surface area contributed by atoms with Crippen LogP contribution in [0.4, 0.5) is 5.69 Å². The predicted octanol–water partition coefficient (Wildman–Crippen LogP) is 3.97. The molecule has 1 saturated carbocycles. The Balaban J connectivity index is 1.39. The van der Waals surface area contributed by atoms with Crippen molar-refractivity contribution in [2.24, 2.45) is 0 Å². The highest BCUT2D eigenvalue weighted by Crippen LogP contribution is 2.35. The third kappa shape index (κ3) is 11.0. The summed E-state index contributed by atoms with van der Waals surface area (Å²) in [5.41, 5.74) is -0.912. The van der Waals surface area contributed by atoms with E-state index in [4.69, 9.17) is 30.2 Å². The van der Waals surface area contributed by atoms with Crippen molar-refractivity contribution in [3.8, 4) is 5.75 Å². The number of para-hydroxylation sites is 1. The van der Waals surface area contributed by atoms with Crippen LogP contribution in [-0.4, -0.2) is 78.4 Å². The molecular formula is C34H36ClN3O14. The molecule has 1 aliphatic rings. The molecule has 1 fully saturated rings. The number of nitrogens with zero attached hydrogens (tertiary/aromatic N) is 2. The van der Waals surface area contributed by atoms with E-state index in [9.17, 15) is 38.9 Å². The van der Waals surface area contributed by atoms with Gasteiger partial charge in [0.1, 0.15) is 23.0 Å². The third-order valence-corrected chi connectivity index (χ3v) is 8.38. The Morgan fingerprint density at radius 1 is 0.942 bits per heavy atom. The number of nitro groups is 1. The van der Waals surface area contributed by atoms with Crippen molar-refractivity contribution in [2.45, 2.75) is 64.6 Å². The van der Waals surface area contributed by atoms with Gasteiger partial charge in [-0.1, -0.05) is 23.7 Å². The van der Waals surface area contributed by atoms with Crippen LogP contribution in [0, 0.1) is 10.1 Å². The molecule has 4 rings (SSSR count). The number of carbonyl (C=O) groups excluding carboxylic acids is 5. The Morgan fingerprint density at radius 3 is 2.12 bits per heavy atom. The summed E-state index contributed by atoms with van der Waals surface area (Å²) in [6, 6.07) is 9.57. The second kappa shape index (κ2) is 18.1. The summed E-state index contributed by atoms with van der Waals surface area (Å²) in [5, 5.41) is 14.7. The molecule has 278 valence electrons. The van der Waals surface area contributed by atoms with Gasteiger partial charge in [0.25, 0.3) is 11.6 Å². The van der Waals surface area contributed by atoms with Crippen molar-refractivity contribution in [2.75, 3.05) is 26.7 Å². The summed E-state index contributed by atoms with van der Waals surface area (Å²) in [7, 11) is 0. The van der Waals surface area contributed by atoms with Crippen LogP contribution in [0.2, 0.25) is 5.02 Å². The van der Waals surface area contributed by atoms with E-state index >= 15 is 0 Å². The minimum Gasteiger partial charge on any atom is -0.484 e. The molecule has 1 atom stereocenters. The molecular weight excluding hydrogens is 710 g/mol. The van der Waals surface area contributed by atoms with Gasteiger partial charge in [-0.05, 0) is 50.8 Å². The average molecular weight is 746 g/mol. The minimum atomic E-state index is -0.913. The molecule has 1 N–H and O–H groups in total. The maximum absolute atomic E-state index is 13.2. The van der Waals surface area contributed by atoms with Crippen molar-refractivity contribution in [3.05, 3.63) is 79.1 Å². The molecule has 3 aromatic rings. The fourth-order valence-corrected chi connectivity index (χ4v) is 5.78. The number of halogens is 1. The summed E-state index contributed by atoms with van der Waals surface area (Å²) in [6.07, 6.45) is 0.906. The Hall–Kier alpha value is -5.55. The van der Waals surface area contributed by atoms with Crippen molar-refractivity contribution in [3.63, 3.8) is 0 Å². The molecule has 1 amide bonds. The van der Waals surface area contributed by atoms with E-state index < -0.39 is 60.0 Å². The zero-order valence-corrected chi connectivity index (χ0v) is 29.2. The monoisotopic (exact) mass is 745 g/mol. The molecule has 1 aromatic heterocycles. The van der Waals surface area contributed by atoms with E-state index in [1.165, 1.54) is 35.2 Å². The van der Waals surface area contributed by atoms with E-state index in [0.717, 1.165) is 13.8 Å². The Kier molecular flexibility index (Phi) is 13.7. The Labute approximate surface area is 301 Å². The fraction of sp³-hybridized carbons (Fsp3) is 0.412. The summed E-state index contributed by atoms with van der Waals surface area (Å²) in [4.78, 5) is 85.4. The van der Waals surface area contributed by atoms with Crippen molar-refractivity contribution in [1.29, 1.82) is 0 Å². The number of benzene rings is 2. The third-order valence-electron chi connectivity index (χ3n) is 8.08. The van der Waals surface area contributed by atoms with Crippen LogP contribution in [0.5, 0.6) is 5.75 Å². The number of nitro benzene ring substituents is 1. The first kappa shape index (κ1) is 39.2. The molecule has 0 bridgehead atoms. The molecule has 0 radical (unpaired) electrons. The van der Waals surface area contributed by atoms with Gasteiger partial charge in [-0.15, -0.1) is 0 Å². The lowest BCUT2D eigenvalue weighted by atomic mass is 9.90. The topological polar surface area (TPSA) is 220 Å². The van der Waals surface area contributed by atoms with Crippen LogP contribution in [0.1, 0.15) is 68.5 Å². The first-order chi connectivity index (χ1) is 24.7. The minimum absolute atomic E-state index is 0.0778. The van der Waals surface area contributed by atoms with Crippen LogP contribution in [0.3, 0.4) is 0 Å². The van der Waals surface area contributed by atoms with Crippen LogP contribution >= 0.6 is 11.6 Å². The van der Waals surface area contributed by atoms with Gasteiger partial charge in [0, 0.05) is 43.5 Å². The smallest absolute Gasteiger partial charge is 0.349 e. The highest BCUT2D eigenvalue weighted by atomic mass is 35.5. The first-order valence-electron chi connectivity index (χ1n) is 16.0. The number of ether oxygens (including phenoxy) is 5. The van der Waals surface area contributed by atoms with Gasteiger partial charge in [-0.2, -0.15) is 0 Å². The first-order valence-corrected chi connectivity index (χ1v) is 16.4. The lowest BCUT2D eigenvalue weighted by molar-refractivity contribution is -0.386. The number of fused-ring (bicyclic) bond motifs is 1. The van der Waals surface area contributed by atoms with Crippen molar-refractivity contribution < 1.29 is 57.0 Å². The molecule has 18 heteroatoms. The number of hydrogen-bond donors (Lipinski definition) is 1. The van der Waals surface area contributed by atoms with Crippen molar-refractivity contribution >= 4 is 58.0 Å². The molecule has 0 aliphatic heterocycles.